The lowest BCUT2D eigenvalue weighted by Crippen LogP contribution is -2.38. The third kappa shape index (κ3) is 6.02. The summed E-state index contributed by atoms with van der Waals surface area (Å²) in [6.07, 6.45) is 0.844. The van der Waals surface area contributed by atoms with E-state index in [1.165, 1.54) is 0 Å². The lowest BCUT2D eigenvalue weighted by molar-refractivity contribution is 0.414. The van der Waals surface area contributed by atoms with E-state index in [4.69, 9.17) is 9.73 Å². The number of nitrogens with zero attached hydrogens (tertiary/aromatic N) is 5. The van der Waals surface area contributed by atoms with Crippen LogP contribution >= 0.6 is 11.3 Å². The molecule has 2 aromatic heterocycles. The van der Waals surface area contributed by atoms with E-state index in [0.29, 0.717) is 13.1 Å². The topological polar surface area (TPSA) is 89.2 Å². The molecule has 0 radical (unpaired) electrons. The van der Waals surface area contributed by atoms with E-state index in [9.17, 15) is 0 Å². The average Bonchev–Trinajstić information content (AvgIpc) is 3.29. The highest BCUT2D eigenvalue weighted by Gasteiger charge is 2.07. The molecule has 0 saturated heterocycles. The van der Waals surface area contributed by atoms with E-state index in [0.717, 1.165) is 52.6 Å². The number of hydrogen-bond acceptors (Lipinski definition) is 6. The van der Waals surface area contributed by atoms with Crippen LogP contribution in [0.15, 0.2) is 34.6 Å². The predicted molar refractivity (Wildman–Crippen MR) is 115 cm³/mol. The van der Waals surface area contributed by atoms with Gasteiger partial charge in [-0.25, -0.2) is 9.98 Å². The third-order valence-electron chi connectivity index (χ3n) is 4.52. The maximum absolute atomic E-state index is 5.21. The lowest BCUT2D eigenvalue weighted by Gasteiger charge is -2.12. The molecular formula is C20H27N7OS. The van der Waals surface area contributed by atoms with Crippen molar-refractivity contribution in [2.45, 2.75) is 33.4 Å². The molecule has 0 saturated carbocycles. The maximum atomic E-state index is 5.21. The van der Waals surface area contributed by atoms with Gasteiger partial charge in [-0.3, -0.25) is 0 Å². The summed E-state index contributed by atoms with van der Waals surface area (Å²) in [4.78, 5) is 9.23. The molecule has 2 N–H and O–H groups in total. The van der Waals surface area contributed by atoms with Crippen LogP contribution in [0.3, 0.4) is 0 Å². The van der Waals surface area contributed by atoms with Crippen molar-refractivity contribution in [1.29, 1.82) is 0 Å². The predicted octanol–water partition coefficient (Wildman–Crippen LogP) is 2.38. The molecule has 0 aliphatic carbocycles. The third-order valence-corrected chi connectivity index (χ3v) is 5.34. The normalized spacial score (nSPS) is 11.5. The molecule has 0 fully saturated rings. The molecule has 9 heteroatoms. The molecule has 0 spiro atoms. The van der Waals surface area contributed by atoms with Crippen LogP contribution in [0.5, 0.6) is 5.75 Å². The van der Waals surface area contributed by atoms with E-state index in [-0.39, 0.29) is 0 Å². The molecule has 0 atom stereocenters. The van der Waals surface area contributed by atoms with Crippen molar-refractivity contribution in [2.24, 2.45) is 12.0 Å². The molecule has 8 nitrogen and oxygen atoms in total. The van der Waals surface area contributed by atoms with Crippen molar-refractivity contribution < 1.29 is 4.74 Å². The van der Waals surface area contributed by atoms with Gasteiger partial charge < -0.3 is 19.9 Å². The van der Waals surface area contributed by atoms with Gasteiger partial charge in [0, 0.05) is 25.4 Å². The molecule has 154 valence electrons. The minimum absolute atomic E-state index is 0.543. The monoisotopic (exact) mass is 413 g/mol. The fourth-order valence-corrected chi connectivity index (χ4v) is 3.32. The Morgan fingerprint density at radius 3 is 2.59 bits per heavy atom. The highest BCUT2D eigenvalue weighted by atomic mass is 32.1. The fraction of sp³-hybridized carbons (Fsp3) is 0.400. The van der Waals surface area contributed by atoms with Gasteiger partial charge >= 0.3 is 0 Å². The number of thiazole rings is 1. The molecule has 3 rings (SSSR count). The summed E-state index contributed by atoms with van der Waals surface area (Å²) in [6.45, 7) is 5.81. The first-order chi connectivity index (χ1) is 14.0. The second kappa shape index (κ2) is 10.0. The van der Waals surface area contributed by atoms with Crippen LogP contribution < -0.4 is 15.4 Å². The van der Waals surface area contributed by atoms with Gasteiger partial charge in [-0.05, 0) is 31.5 Å². The number of nitrogens with one attached hydrogen (secondary N) is 2. The zero-order valence-electron chi connectivity index (χ0n) is 17.3. The van der Waals surface area contributed by atoms with Gasteiger partial charge in [0.1, 0.15) is 11.6 Å². The van der Waals surface area contributed by atoms with Gasteiger partial charge in [0.15, 0.2) is 11.8 Å². The lowest BCUT2D eigenvalue weighted by atomic mass is 10.2. The molecule has 2 heterocycles. The summed E-state index contributed by atoms with van der Waals surface area (Å²) < 4.78 is 7.18. The zero-order valence-corrected chi connectivity index (χ0v) is 18.1. The number of rotatable bonds is 8. The summed E-state index contributed by atoms with van der Waals surface area (Å²) in [5.41, 5.74) is 2.20. The first-order valence-electron chi connectivity index (χ1n) is 9.46. The highest BCUT2D eigenvalue weighted by Crippen LogP contribution is 2.12. The van der Waals surface area contributed by atoms with Gasteiger partial charge in [-0.2, -0.15) is 0 Å². The Balaban J connectivity index is 1.62. The second-order valence-electron chi connectivity index (χ2n) is 6.62. The smallest absolute Gasteiger partial charge is 0.191 e. The Kier molecular flexibility index (Phi) is 7.18. The zero-order chi connectivity index (χ0) is 20.6. The molecule has 0 amide bonds. The van der Waals surface area contributed by atoms with E-state index >= 15 is 0 Å². The number of ether oxygens (including phenoxy) is 1. The van der Waals surface area contributed by atoms with Crippen molar-refractivity contribution in [1.82, 2.24) is 30.4 Å². The van der Waals surface area contributed by atoms with Crippen LogP contribution in [0.2, 0.25) is 0 Å². The van der Waals surface area contributed by atoms with Gasteiger partial charge in [-0.15, -0.1) is 21.5 Å². The van der Waals surface area contributed by atoms with E-state index in [2.05, 4.69) is 31.2 Å². The largest absolute Gasteiger partial charge is 0.497 e. The summed E-state index contributed by atoms with van der Waals surface area (Å²) in [5.74, 6) is 3.31. The van der Waals surface area contributed by atoms with Crippen LogP contribution in [-0.2, 0) is 26.6 Å². The van der Waals surface area contributed by atoms with Crippen LogP contribution in [0.4, 0.5) is 0 Å². The van der Waals surface area contributed by atoms with E-state index in [1.54, 1.807) is 18.4 Å². The molecule has 3 aromatic rings. The number of guanidine groups is 1. The number of aromatic nitrogens is 4. The summed E-state index contributed by atoms with van der Waals surface area (Å²) in [7, 11) is 3.62. The van der Waals surface area contributed by atoms with Gasteiger partial charge in [-0.1, -0.05) is 12.1 Å². The van der Waals surface area contributed by atoms with Gasteiger partial charge in [0.05, 0.1) is 30.9 Å². The quantitative estimate of drug-likeness (QED) is 0.435. The molecule has 0 bridgehead atoms. The molecule has 0 aliphatic rings. The van der Waals surface area contributed by atoms with Crippen LogP contribution in [0.25, 0.3) is 0 Å². The minimum atomic E-state index is 0.543. The Morgan fingerprint density at radius 1 is 1.17 bits per heavy atom. The van der Waals surface area contributed by atoms with Gasteiger partial charge in [0.25, 0.3) is 0 Å². The number of hydrogen-bond donors (Lipinski definition) is 2. The van der Waals surface area contributed by atoms with Crippen molar-refractivity contribution >= 4 is 17.3 Å². The Labute approximate surface area is 175 Å². The van der Waals surface area contributed by atoms with E-state index in [1.807, 2.05) is 49.7 Å². The molecule has 29 heavy (non-hydrogen) atoms. The Morgan fingerprint density at radius 2 is 1.97 bits per heavy atom. The van der Waals surface area contributed by atoms with Crippen LogP contribution in [0.1, 0.15) is 27.9 Å². The Hall–Kier alpha value is -2.94. The molecule has 0 aliphatic heterocycles. The highest BCUT2D eigenvalue weighted by molar-refractivity contribution is 7.09. The van der Waals surface area contributed by atoms with Crippen molar-refractivity contribution in [2.75, 3.05) is 13.7 Å². The first kappa shape index (κ1) is 20.8. The second-order valence-corrected chi connectivity index (χ2v) is 7.69. The summed E-state index contributed by atoms with van der Waals surface area (Å²) >= 11 is 1.67. The first-order valence-corrected chi connectivity index (χ1v) is 10.3. The fourth-order valence-electron chi connectivity index (χ4n) is 2.68. The van der Waals surface area contributed by atoms with Crippen molar-refractivity contribution in [3.63, 3.8) is 0 Å². The molecular weight excluding hydrogens is 386 g/mol. The van der Waals surface area contributed by atoms with Gasteiger partial charge in [0.2, 0.25) is 0 Å². The van der Waals surface area contributed by atoms with Crippen molar-refractivity contribution in [3.05, 3.63) is 57.6 Å². The van der Waals surface area contributed by atoms with Crippen molar-refractivity contribution in [3.8, 4) is 5.75 Å². The van der Waals surface area contributed by atoms with Crippen LogP contribution in [-0.4, -0.2) is 39.4 Å². The minimum Gasteiger partial charge on any atom is -0.497 e. The number of aliphatic imine (C=N–C) groups is 1. The molecule has 1 aromatic carbocycles. The number of aryl methyl sites for hydroxylation is 2. The molecule has 0 unspecified atom stereocenters. The number of methoxy groups -OCH3 is 1. The standard InChI is InChI=1S/C20H27N7OS/c1-14-25-26-19(27(14)3)12-23-20(21-10-9-17-13-29-15(2)24-17)22-11-16-5-7-18(28-4)8-6-16/h5-8,13H,9-12H2,1-4H3,(H2,21,22,23). The summed E-state index contributed by atoms with van der Waals surface area (Å²) in [5, 5.41) is 18.2. The van der Waals surface area contributed by atoms with E-state index < -0.39 is 0 Å². The SMILES string of the molecule is COc1ccc(CN=C(NCCc2csc(C)n2)NCc2nnc(C)n2C)cc1. The number of benzene rings is 1. The maximum Gasteiger partial charge on any atom is 0.191 e. The average molecular weight is 414 g/mol. The summed E-state index contributed by atoms with van der Waals surface area (Å²) in [6, 6.07) is 7.92. The van der Waals surface area contributed by atoms with Crippen LogP contribution in [0, 0.1) is 13.8 Å². The Bertz CT molecular complexity index is 946.